The summed E-state index contributed by atoms with van der Waals surface area (Å²) in [4.78, 5) is 46.7. The Kier molecular flexibility index (Phi) is 7.80. The number of aryl methyl sites for hydroxylation is 1. The van der Waals surface area contributed by atoms with Crippen molar-refractivity contribution in [2.75, 3.05) is 13.7 Å². The van der Waals surface area contributed by atoms with Crippen LogP contribution in [0.15, 0.2) is 34.7 Å². The number of benzene rings is 1. The number of carbonyl (C=O) groups is 4. The van der Waals surface area contributed by atoms with Gasteiger partial charge in [0.2, 0.25) is 5.91 Å². The number of methoxy groups -OCH3 is 1. The van der Waals surface area contributed by atoms with Gasteiger partial charge >= 0.3 is 5.97 Å². The number of carbonyl (C=O) groups excluding carboxylic acids is 4. The zero-order valence-electron chi connectivity index (χ0n) is 16.0. The molecule has 2 N–H and O–H groups in total. The standard InChI is InChI=1S/C11H14N2O3S.C9H10O2/c12-8(14)6-13-10(15)9(17-11(13)16)7-4-2-1-3-5-7;1-7-3-5-8(6-4-7)9(10)11-2/h1-6H2,(H2,12,14);3-6H,1-2H3. The van der Waals surface area contributed by atoms with Crippen molar-refractivity contribution in [3.05, 3.63) is 45.9 Å². The minimum atomic E-state index is -0.665. The predicted molar refractivity (Wildman–Crippen MR) is 107 cm³/mol. The van der Waals surface area contributed by atoms with Gasteiger partial charge in [0.1, 0.15) is 6.54 Å². The van der Waals surface area contributed by atoms with Crippen LogP contribution in [0.25, 0.3) is 0 Å². The summed E-state index contributed by atoms with van der Waals surface area (Å²) < 4.78 is 4.54. The zero-order valence-corrected chi connectivity index (χ0v) is 16.8. The van der Waals surface area contributed by atoms with Crippen molar-refractivity contribution in [2.24, 2.45) is 5.73 Å². The van der Waals surface area contributed by atoms with E-state index < -0.39 is 5.91 Å². The van der Waals surface area contributed by atoms with Gasteiger partial charge in [-0.1, -0.05) is 29.7 Å². The lowest BCUT2D eigenvalue weighted by Gasteiger charge is -2.15. The van der Waals surface area contributed by atoms with E-state index in [2.05, 4.69) is 4.74 Å². The lowest BCUT2D eigenvalue weighted by Crippen LogP contribution is -2.36. The molecule has 28 heavy (non-hydrogen) atoms. The second kappa shape index (κ2) is 10.1. The average Bonchev–Trinajstić information content (AvgIpc) is 2.97. The zero-order chi connectivity index (χ0) is 20.7. The Balaban J connectivity index is 0.000000221. The topological polar surface area (TPSA) is 107 Å². The minimum Gasteiger partial charge on any atom is -0.465 e. The summed E-state index contributed by atoms with van der Waals surface area (Å²) in [5.41, 5.74) is 7.80. The Morgan fingerprint density at radius 2 is 1.71 bits per heavy atom. The van der Waals surface area contributed by atoms with Gasteiger partial charge in [0.25, 0.3) is 11.1 Å². The van der Waals surface area contributed by atoms with Crippen molar-refractivity contribution in [3.63, 3.8) is 0 Å². The van der Waals surface area contributed by atoms with Gasteiger partial charge in [-0.05, 0) is 56.5 Å². The van der Waals surface area contributed by atoms with E-state index in [-0.39, 0.29) is 23.7 Å². The maximum Gasteiger partial charge on any atom is 0.337 e. The molecular formula is C20H24N2O5S. The first kappa shape index (κ1) is 21.7. The molecule has 1 aromatic rings. The normalized spacial score (nSPS) is 16.6. The summed E-state index contributed by atoms with van der Waals surface area (Å²) in [6.45, 7) is 1.66. The highest BCUT2D eigenvalue weighted by atomic mass is 32.2. The number of amides is 3. The second-order valence-electron chi connectivity index (χ2n) is 6.58. The van der Waals surface area contributed by atoms with Crippen LogP contribution < -0.4 is 5.73 Å². The highest BCUT2D eigenvalue weighted by Crippen LogP contribution is 2.37. The molecule has 0 atom stereocenters. The number of esters is 1. The SMILES string of the molecule is COC(=O)c1ccc(C)cc1.NC(=O)CN1C(=O)SC(=C2CCCCC2)C1=O. The van der Waals surface area contributed by atoms with Crippen LogP contribution in [0.2, 0.25) is 0 Å². The summed E-state index contributed by atoms with van der Waals surface area (Å²) in [5.74, 6) is -1.30. The van der Waals surface area contributed by atoms with Gasteiger partial charge in [-0.3, -0.25) is 19.3 Å². The van der Waals surface area contributed by atoms with E-state index in [9.17, 15) is 19.2 Å². The third kappa shape index (κ3) is 5.69. The highest BCUT2D eigenvalue weighted by molar-refractivity contribution is 8.18. The molecule has 2 aliphatic rings. The number of ether oxygens (including phenoxy) is 1. The Morgan fingerprint density at radius 1 is 1.11 bits per heavy atom. The summed E-state index contributed by atoms with van der Waals surface area (Å²) in [7, 11) is 1.38. The van der Waals surface area contributed by atoms with Gasteiger partial charge in [-0.25, -0.2) is 4.79 Å². The smallest absolute Gasteiger partial charge is 0.337 e. The molecule has 150 valence electrons. The van der Waals surface area contributed by atoms with E-state index in [0.29, 0.717) is 10.5 Å². The molecule has 0 aromatic heterocycles. The fourth-order valence-electron chi connectivity index (χ4n) is 2.92. The minimum absolute atomic E-state index is 0.287. The van der Waals surface area contributed by atoms with Crippen LogP contribution in [0.1, 0.15) is 48.0 Å². The number of imide groups is 1. The maximum atomic E-state index is 12.0. The van der Waals surface area contributed by atoms with Crippen molar-refractivity contribution >= 4 is 34.8 Å². The van der Waals surface area contributed by atoms with Crippen molar-refractivity contribution in [2.45, 2.75) is 39.0 Å². The molecule has 7 nitrogen and oxygen atoms in total. The first-order valence-corrected chi connectivity index (χ1v) is 9.84. The highest BCUT2D eigenvalue weighted by Gasteiger charge is 2.37. The van der Waals surface area contributed by atoms with E-state index in [0.717, 1.165) is 53.5 Å². The molecule has 3 rings (SSSR count). The summed E-state index contributed by atoms with van der Waals surface area (Å²) >= 11 is 0.940. The largest absolute Gasteiger partial charge is 0.465 e. The molecule has 1 aliphatic heterocycles. The molecule has 0 unspecified atom stereocenters. The quantitative estimate of drug-likeness (QED) is 0.612. The third-order valence-corrected chi connectivity index (χ3v) is 5.48. The molecule has 1 heterocycles. The van der Waals surface area contributed by atoms with E-state index in [4.69, 9.17) is 5.73 Å². The Morgan fingerprint density at radius 3 is 2.25 bits per heavy atom. The number of allylic oxidation sites excluding steroid dienone is 1. The van der Waals surface area contributed by atoms with E-state index in [1.165, 1.54) is 13.5 Å². The number of hydrogen-bond donors (Lipinski definition) is 1. The Labute approximate surface area is 168 Å². The monoisotopic (exact) mass is 404 g/mol. The summed E-state index contributed by atoms with van der Waals surface area (Å²) in [6.07, 6.45) is 5.07. The van der Waals surface area contributed by atoms with Gasteiger partial charge in [-0.15, -0.1) is 0 Å². The maximum absolute atomic E-state index is 12.0. The van der Waals surface area contributed by atoms with Gasteiger partial charge in [0, 0.05) is 0 Å². The molecule has 1 saturated carbocycles. The van der Waals surface area contributed by atoms with Crippen molar-refractivity contribution in [1.82, 2.24) is 4.90 Å². The number of rotatable bonds is 3. The predicted octanol–water partition coefficient (Wildman–Crippen LogP) is 3.17. The third-order valence-electron chi connectivity index (χ3n) is 4.41. The molecule has 1 saturated heterocycles. The molecule has 0 spiro atoms. The lowest BCUT2D eigenvalue weighted by atomic mass is 9.94. The number of nitrogens with zero attached hydrogens (tertiary/aromatic N) is 1. The Bertz CT molecular complexity index is 793. The molecule has 8 heteroatoms. The number of nitrogens with two attached hydrogens (primary N) is 1. The number of thioether (sulfide) groups is 1. The summed E-state index contributed by atoms with van der Waals surface area (Å²) in [5, 5.41) is -0.387. The van der Waals surface area contributed by atoms with E-state index in [1.54, 1.807) is 12.1 Å². The van der Waals surface area contributed by atoms with Crippen LogP contribution in [0, 0.1) is 6.92 Å². The van der Waals surface area contributed by atoms with Gasteiger partial charge in [-0.2, -0.15) is 0 Å². The lowest BCUT2D eigenvalue weighted by molar-refractivity contribution is -0.128. The van der Waals surface area contributed by atoms with Crippen LogP contribution in [0.3, 0.4) is 0 Å². The average molecular weight is 404 g/mol. The van der Waals surface area contributed by atoms with Crippen LogP contribution in [-0.4, -0.2) is 41.6 Å². The first-order chi connectivity index (χ1) is 13.3. The molecule has 0 bridgehead atoms. The second-order valence-corrected chi connectivity index (χ2v) is 7.54. The molecule has 1 aromatic carbocycles. The molecule has 2 fully saturated rings. The molecular weight excluding hydrogens is 380 g/mol. The van der Waals surface area contributed by atoms with Crippen molar-refractivity contribution in [1.29, 1.82) is 0 Å². The van der Waals surface area contributed by atoms with Gasteiger partial charge in [0.05, 0.1) is 17.6 Å². The fraction of sp³-hybridized carbons (Fsp3) is 0.400. The molecule has 3 amide bonds. The van der Waals surface area contributed by atoms with Crippen LogP contribution >= 0.6 is 11.8 Å². The molecule has 1 aliphatic carbocycles. The van der Waals surface area contributed by atoms with Crippen molar-refractivity contribution < 1.29 is 23.9 Å². The fourth-order valence-corrected chi connectivity index (χ4v) is 3.90. The first-order valence-electron chi connectivity index (χ1n) is 9.02. The van der Waals surface area contributed by atoms with Gasteiger partial charge in [0.15, 0.2) is 0 Å². The number of primary amides is 1. The van der Waals surface area contributed by atoms with Crippen molar-refractivity contribution in [3.8, 4) is 0 Å². The van der Waals surface area contributed by atoms with E-state index >= 15 is 0 Å². The van der Waals surface area contributed by atoms with Crippen LogP contribution in [0.4, 0.5) is 4.79 Å². The van der Waals surface area contributed by atoms with Gasteiger partial charge < -0.3 is 10.5 Å². The van der Waals surface area contributed by atoms with Crippen LogP contribution in [0.5, 0.6) is 0 Å². The van der Waals surface area contributed by atoms with E-state index in [1.807, 2.05) is 19.1 Å². The Hall–Kier alpha value is -2.61. The summed E-state index contributed by atoms with van der Waals surface area (Å²) in [6, 6.07) is 7.26. The molecule has 0 radical (unpaired) electrons. The number of hydrogen-bond acceptors (Lipinski definition) is 6. The van der Waals surface area contributed by atoms with Crippen LogP contribution in [-0.2, 0) is 14.3 Å².